The lowest BCUT2D eigenvalue weighted by Crippen LogP contribution is -2.35. The largest absolute Gasteiger partial charge is 0.355 e. The van der Waals surface area contributed by atoms with E-state index in [0.29, 0.717) is 6.04 Å². The maximum Gasteiger partial charge on any atom is 0.148 e. The molecule has 1 atom stereocenters. The Labute approximate surface area is 126 Å². The van der Waals surface area contributed by atoms with Crippen LogP contribution in [0.3, 0.4) is 0 Å². The molecule has 1 aromatic heterocycles. The standard InChI is InChI=1S/C14H27N5S/c1-6-8-12-16-13(18-15)10(3)14(17-12)19(4)11(7-2)9-20-5/h11H,6-9,15H2,1-5H3,(H,16,17,18). The molecule has 0 saturated carbocycles. The van der Waals surface area contributed by atoms with E-state index >= 15 is 0 Å². The summed E-state index contributed by atoms with van der Waals surface area (Å²) in [4.78, 5) is 11.5. The summed E-state index contributed by atoms with van der Waals surface area (Å²) in [5, 5.41) is 0. The number of hydrogen-bond donors (Lipinski definition) is 2. The third-order valence-corrected chi connectivity index (χ3v) is 4.21. The first-order valence-electron chi connectivity index (χ1n) is 7.14. The summed E-state index contributed by atoms with van der Waals surface area (Å²) in [6, 6.07) is 0.471. The molecule has 1 heterocycles. The molecule has 0 radical (unpaired) electrons. The predicted molar refractivity (Wildman–Crippen MR) is 89.4 cm³/mol. The molecule has 5 nitrogen and oxygen atoms in total. The van der Waals surface area contributed by atoms with Crippen LogP contribution in [-0.4, -0.2) is 35.1 Å². The molecular weight excluding hydrogens is 270 g/mol. The minimum absolute atomic E-state index is 0.471. The van der Waals surface area contributed by atoms with E-state index in [1.165, 1.54) is 0 Å². The summed E-state index contributed by atoms with van der Waals surface area (Å²) in [5.74, 6) is 9.24. The van der Waals surface area contributed by atoms with E-state index in [1.807, 2.05) is 18.7 Å². The van der Waals surface area contributed by atoms with Gasteiger partial charge in [-0.25, -0.2) is 15.8 Å². The Morgan fingerprint density at radius 2 is 2.05 bits per heavy atom. The monoisotopic (exact) mass is 297 g/mol. The van der Waals surface area contributed by atoms with Crippen molar-refractivity contribution in [2.45, 2.75) is 46.1 Å². The van der Waals surface area contributed by atoms with Gasteiger partial charge in [0.05, 0.1) is 0 Å². The Balaban J connectivity index is 3.16. The van der Waals surface area contributed by atoms with Crippen molar-refractivity contribution < 1.29 is 0 Å². The van der Waals surface area contributed by atoms with Gasteiger partial charge in [-0.2, -0.15) is 11.8 Å². The lowest BCUT2D eigenvalue weighted by atomic mass is 10.2. The Morgan fingerprint density at radius 3 is 2.55 bits per heavy atom. The van der Waals surface area contributed by atoms with Crippen molar-refractivity contribution in [3.63, 3.8) is 0 Å². The van der Waals surface area contributed by atoms with E-state index in [4.69, 9.17) is 10.8 Å². The van der Waals surface area contributed by atoms with Gasteiger partial charge in [0.2, 0.25) is 0 Å². The van der Waals surface area contributed by atoms with E-state index in [9.17, 15) is 0 Å². The van der Waals surface area contributed by atoms with Crippen LogP contribution in [0.2, 0.25) is 0 Å². The van der Waals surface area contributed by atoms with Crippen molar-refractivity contribution >= 4 is 23.4 Å². The van der Waals surface area contributed by atoms with Crippen LogP contribution in [-0.2, 0) is 6.42 Å². The number of nitrogens with zero attached hydrogens (tertiary/aromatic N) is 3. The molecule has 0 spiro atoms. The van der Waals surface area contributed by atoms with Crippen LogP contribution in [0.4, 0.5) is 11.6 Å². The minimum atomic E-state index is 0.471. The second-order valence-electron chi connectivity index (χ2n) is 4.96. The summed E-state index contributed by atoms with van der Waals surface area (Å²) < 4.78 is 0. The van der Waals surface area contributed by atoms with Gasteiger partial charge in [-0.15, -0.1) is 0 Å². The molecule has 20 heavy (non-hydrogen) atoms. The maximum absolute atomic E-state index is 5.59. The van der Waals surface area contributed by atoms with Gasteiger partial charge in [0, 0.05) is 30.8 Å². The third kappa shape index (κ3) is 3.99. The van der Waals surface area contributed by atoms with Gasteiger partial charge in [-0.05, 0) is 26.0 Å². The van der Waals surface area contributed by atoms with Crippen LogP contribution in [0.25, 0.3) is 0 Å². The van der Waals surface area contributed by atoms with Crippen molar-refractivity contribution in [1.29, 1.82) is 0 Å². The summed E-state index contributed by atoms with van der Waals surface area (Å²) in [6.07, 6.45) is 5.13. The van der Waals surface area contributed by atoms with Gasteiger partial charge in [0.1, 0.15) is 17.5 Å². The molecule has 1 rings (SSSR count). The zero-order valence-corrected chi connectivity index (χ0v) is 14.0. The van der Waals surface area contributed by atoms with Crippen LogP contribution in [0.1, 0.15) is 38.1 Å². The van der Waals surface area contributed by atoms with E-state index in [-0.39, 0.29) is 0 Å². The second kappa shape index (κ2) is 8.32. The molecule has 0 fully saturated rings. The Bertz CT molecular complexity index is 424. The molecule has 0 bridgehead atoms. The third-order valence-electron chi connectivity index (χ3n) is 3.49. The molecule has 0 saturated heterocycles. The van der Waals surface area contributed by atoms with E-state index < -0.39 is 0 Å². The molecule has 0 aromatic carbocycles. The molecule has 0 aliphatic rings. The highest BCUT2D eigenvalue weighted by Gasteiger charge is 2.19. The van der Waals surface area contributed by atoms with Crippen LogP contribution < -0.4 is 16.2 Å². The zero-order valence-electron chi connectivity index (χ0n) is 13.2. The van der Waals surface area contributed by atoms with E-state index in [0.717, 1.165) is 48.0 Å². The smallest absolute Gasteiger partial charge is 0.148 e. The topological polar surface area (TPSA) is 67.1 Å². The van der Waals surface area contributed by atoms with Crippen molar-refractivity contribution in [2.75, 3.05) is 29.4 Å². The maximum atomic E-state index is 5.59. The van der Waals surface area contributed by atoms with Gasteiger partial charge in [-0.3, -0.25) is 0 Å². The van der Waals surface area contributed by atoms with Crippen molar-refractivity contribution in [1.82, 2.24) is 9.97 Å². The number of thioether (sulfide) groups is 1. The molecule has 114 valence electrons. The number of hydrazine groups is 1. The van der Waals surface area contributed by atoms with Gasteiger partial charge < -0.3 is 10.3 Å². The van der Waals surface area contributed by atoms with Crippen LogP contribution in [0.5, 0.6) is 0 Å². The summed E-state index contributed by atoms with van der Waals surface area (Å²) in [5.41, 5.74) is 3.70. The normalized spacial score (nSPS) is 12.3. The Kier molecular flexibility index (Phi) is 7.09. The first-order chi connectivity index (χ1) is 9.58. The summed E-state index contributed by atoms with van der Waals surface area (Å²) in [7, 11) is 2.11. The number of anilines is 2. The number of nitrogens with one attached hydrogen (secondary N) is 1. The highest BCUT2D eigenvalue weighted by molar-refractivity contribution is 7.98. The Morgan fingerprint density at radius 1 is 1.35 bits per heavy atom. The fourth-order valence-corrected chi connectivity index (χ4v) is 3.08. The van der Waals surface area contributed by atoms with Crippen molar-refractivity contribution in [3.05, 3.63) is 11.4 Å². The van der Waals surface area contributed by atoms with Gasteiger partial charge in [0.15, 0.2) is 0 Å². The fraction of sp³-hybridized carbons (Fsp3) is 0.714. The second-order valence-corrected chi connectivity index (χ2v) is 5.87. The lowest BCUT2D eigenvalue weighted by molar-refractivity contribution is 0.659. The molecule has 6 heteroatoms. The van der Waals surface area contributed by atoms with E-state index in [2.05, 4.69) is 42.5 Å². The molecular formula is C14H27N5S. The van der Waals surface area contributed by atoms with Gasteiger partial charge in [0.25, 0.3) is 0 Å². The highest BCUT2D eigenvalue weighted by Crippen LogP contribution is 2.25. The molecule has 0 aliphatic heterocycles. The average Bonchev–Trinajstić information content (AvgIpc) is 2.45. The highest BCUT2D eigenvalue weighted by atomic mass is 32.2. The molecule has 1 aromatic rings. The molecule has 1 unspecified atom stereocenters. The number of aromatic nitrogens is 2. The summed E-state index contributed by atoms with van der Waals surface area (Å²) in [6.45, 7) is 6.36. The quantitative estimate of drug-likeness (QED) is 0.568. The SMILES string of the molecule is CCCc1nc(NN)c(C)c(N(C)C(CC)CSC)n1. The number of nitrogen functional groups attached to an aromatic ring is 1. The lowest BCUT2D eigenvalue weighted by Gasteiger charge is -2.29. The van der Waals surface area contributed by atoms with Crippen LogP contribution in [0, 0.1) is 6.92 Å². The van der Waals surface area contributed by atoms with Crippen LogP contribution >= 0.6 is 11.8 Å². The number of rotatable bonds is 8. The fourth-order valence-electron chi connectivity index (χ4n) is 2.24. The molecule has 0 amide bonds. The van der Waals surface area contributed by atoms with Crippen molar-refractivity contribution in [2.24, 2.45) is 5.84 Å². The first-order valence-corrected chi connectivity index (χ1v) is 8.54. The molecule has 0 aliphatic carbocycles. The Hall–Kier alpha value is -1.01. The van der Waals surface area contributed by atoms with Crippen LogP contribution in [0.15, 0.2) is 0 Å². The number of nitrogens with two attached hydrogens (primary N) is 1. The first kappa shape index (κ1) is 17.0. The number of aryl methyl sites for hydroxylation is 1. The van der Waals surface area contributed by atoms with E-state index in [1.54, 1.807) is 0 Å². The van der Waals surface area contributed by atoms with Gasteiger partial charge in [-0.1, -0.05) is 13.8 Å². The number of hydrogen-bond acceptors (Lipinski definition) is 6. The van der Waals surface area contributed by atoms with Gasteiger partial charge >= 0.3 is 0 Å². The molecule has 3 N–H and O–H groups in total. The summed E-state index contributed by atoms with van der Waals surface area (Å²) >= 11 is 1.86. The van der Waals surface area contributed by atoms with Crippen molar-refractivity contribution in [3.8, 4) is 0 Å². The zero-order chi connectivity index (χ0) is 15.1. The predicted octanol–water partition coefficient (Wildman–Crippen LogP) is 2.60. The average molecular weight is 297 g/mol. The minimum Gasteiger partial charge on any atom is -0.355 e.